The molecule has 0 aliphatic heterocycles. The second kappa shape index (κ2) is 8.00. The van der Waals surface area contributed by atoms with Crippen molar-refractivity contribution in [3.63, 3.8) is 0 Å². The highest BCUT2D eigenvalue weighted by molar-refractivity contribution is 7.98. The van der Waals surface area contributed by atoms with Crippen LogP contribution < -0.4 is 5.73 Å². The molecule has 0 heterocycles. The van der Waals surface area contributed by atoms with E-state index in [9.17, 15) is 4.39 Å². The zero-order chi connectivity index (χ0) is 13.5. The lowest BCUT2D eigenvalue weighted by atomic mass is 10.1. The molecule has 2 N–H and O–H groups in total. The minimum atomic E-state index is -0.321. The van der Waals surface area contributed by atoms with Gasteiger partial charge in [-0.2, -0.15) is 11.8 Å². The van der Waals surface area contributed by atoms with Gasteiger partial charge in [-0.15, -0.1) is 0 Å². The Morgan fingerprint density at radius 3 is 2.78 bits per heavy atom. The lowest BCUT2D eigenvalue weighted by Crippen LogP contribution is -2.34. The lowest BCUT2D eigenvalue weighted by Gasteiger charge is -2.29. The number of hydrogen-bond acceptors (Lipinski definition) is 3. The third-order valence-electron chi connectivity index (χ3n) is 2.98. The summed E-state index contributed by atoms with van der Waals surface area (Å²) >= 11 is 7.60. The predicted molar refractivity (Wildman–Crippen MR) is 78.8 cm³/mol. The first-order valence-corrected chi connectivity index (χ1v) is 7.76. The van der Waals surface area contributed by atoms with Gasteiger partial charge >= 0.3 is 0 Å². The molecule has 1 aromatic rings. The molecule has 0 fully saturated rings. The van der Waals surface area contributed by atoms with Gasteiger partial charge in [0.05, 0.1) is 5.02 Å². The fourth-order valence-corrected chi connectivity index (χ4v) is 2.51. The normalized spacial score (nSPS) is 13.0. The molecule has 18 heavy (non-hydrogen) atoms. The molecule has 1 aromatic carbocycles. The smallest absolute Gasteiger partial charge is 0.146 e. The largest absolute Gasteiger partial charge is 0.329 e. The summed E-state index contributed by atoms with van der Waals surface area (Å²) in [4.78, 5) is 2.19. The molecule has 0 radical (unpaired) electrons. The van der Waals surface area contributed by atoms with Crippen LogP contribution in [-0.2, 0) is 0 Å². The molecule has 1 rings (SSSR count). The van der Waals surface area contributed by atoms with Crippen LogP contribution in [0.4, 0.5) is 4.39 Å². The lowest BCUT2D eigenvalue weighted by molar-refractivity contribution is 0.226. The van der Waals surface area contributed by atoms with Crippen LogP contribution in [0.1, 0.15) is 18.5 Å². The summed E-state index contributed by atoms with van der Waals surface area (Å²) in [6.07, 6.45) is 2.06. The topological polar surface area (TPSA) is 29.3 Å². The third-order valence-corrected chi connectivity index (χ3v) is 3.86. The molecule has 1 unspecified atom stereocenters. The van der Waals surface area contributed by atoms with Gasteiger partial charge in [0.1, 0.15) is 5.82 Å². The summed E-state index contributed by atoms with van der Waals surface area (Å²) in [6, 6.07) is 5.13. The second-order valence-corrected chi connectivity index (χ2v) is 5.53. The van der Waals surface area contributed by atoms with Crippen molar-refractivity contribution < 1.29 is 4.39 Å². The first-order chi connectivity index (χ1) is 8.61. The van der Waals surface area contributed by atoms with Gasteiger partial charge in [0, 0.05) is 37.0 Å². The van der Waals surface area contributed by atoms with Gasteiger partial charge in [0.15, 0.2) is 0 Å². The number of nitrogens with zero attached hydrogens (tertiary/aromatic N) is 1. The number of rotatable bonds is 7. The minimum absolute atomic E-state index is 0.0144. The number of halogens is 2. The maximum Gasteiger partial charge on any atom is 0.146 e. The van der Waals surface area contributed by atoms with Gasteiger partial charge in [0.2, 0.25) is 0 Å². The van der Waals surface area contributed by atoms with Crippen molar-refractivity contribution in [2.75, 3.05) is 31.6 Å². The molecule has 0 aliphatic rings. The Labute approximate surface area is 118 Å². The van der Waals surface area contributed by atoms with E-state index in [1.54, 1.807) is 30.0 Å². The van der Waals surface area contributed by atoms with E-state index >= 15 is 0 Å². The molecule has 2 nitrogen and oxygen atoms in total. The van der Waals surface area contributed by atoms with Crippen molar-refractivity contribution in [1.82, 2.24) is 4.90 Å². The van der Waals surface area contributed by atoms with Gasteiger partial charge in [-0.25, -0.2) is 4.39 Å². The van der Waals surface area contributed by atoms with E-state index in [1.165, 1.54) is 0 Å². The first kappa shape index (κ1) is 15.8. The Kier molecular flexibility index (Phi) is 7.00. The van der Waals surface area contributed by atoms with Crippen LogP contribution in [0.15, 0.2) is 18.2 Å². The zero-order valence-electron chi connectivity index (χ0n) is 10.8. The van der Waals surface area contributed by atoms with Gasteiger partial charge in [-0.05, 0) is 19.2 Å². The molecular weight excluding hydrogens is 271 g/mol. The highest BCUT2D eigenvalue weighted by Crippen LogP contribution is 2.27. The first-order valence-electron chi connectivity index (χ1n) is 5.98. The van der Waals surface area contributed by atoms with E-state index in [2.05, 4.69) is 11.2 Å². The van der Waals surface area contributed by atoms with Gasteiger partial charge in [-0.3, -0.25) is 4.90 Å². The molecule has 0 amide bonds. The van der Waals surface area contributed by atoms with Crippen LogP contribution >= 0.6 is 23.4 Å². The van der Waals surface area contributed by atoms with Crippen molar-refractivity contribution in [2.24, 2.45) is 5.73 Å². The summed E-state index contributed by atoms with van der Waals surface area (Å²) in [5.41, 5.74) is 6.25. The van der Waals surface area contributed by atoms with E-state index in [0.717, 1.165) is 18.8 Å². The fraction of sp³-hybridized carbons (Fsp3) is 0.538. The van der Waals surface area contributed by atoms with Crippen LogP contribution in [0.2, 0.25) is 5.02 Å². The molecule has 1 atom stereocenters. The quantitative estimate of drug-likeness (QED) is 0.836. The molecule has 0 saturated carbocycles. The van der Waals surface area contributed by atoms with E-state index in [4.69, 9.17) is 17.3 Å². The molecule has 102 valence electrons. The summed E-state index contributed by atoms with van der Waals surface area (Å²) in [5, 5.41) is 0.178. The molecule has 0 saturated heterocycles. The number of nitrogens with two attached hydrogens (primary N) is 1. The summed E-state index contributed by atoms with van der Waals surface area (Å²) in [5.74, 6) is 0.685. The molecule has 0 aromatic heterocycles. The second-order valence-electron chi connectivity index (χ2n) is 4.14. The van der Waals surface area contributed by atoms with E-state index in [-0.39, 0.29) is 16.9 Å². The van der Waals surface area contributed by atoms with E-state index in [1.807, 2.05) is 6.92 Å². The maximum absolute atomic E-state index is 14.0. The SMILES string of the molecule is CSCCN(CCN)C(C)c1cccc(Cl)c1F. The zero-order valence-corrected chi connectivity index (χ0v) is 12.4. The van der Waals surface area contributed by atoms with E-state index in [0.29, 0.717) is 12.1 Å². The van der Waals surface area contributed by atoms with Crippen molar-refractivity contribution in [1.29, 1.82) is 0 Å². The Morgan fingerprint density at radius 2 is 2.17 bits per heavy atom. The van der Waals surface area contributed by atoms with Gasteiger partial charge < -0.3 is 5.73 Å². The highest BCUT2D eigenvalue weighted by Gasteiger charge is 2.19. The third kappa shape index (κ3) is 4.12. The molecular formula is C13H20ClFN2S. The summed E-state index contributed by atoms with van der Waals surface area (Å²) in [7, 11) is 0. The van der Waals surface area contributed by atoms with Gasteiger partial charge in [0.25, 0.3) is 0 Å². The molecule has 5 heteroatoms. The maximum atomic E-state index is 14.0. The average Bonchev–Trinajstić information content (AvgIpc) is 2.37. The Balaban J connectivity index is 2.86. The summed E-state index contributed by atoms with van der Waals surface area (Å²) in [6.45, 7) is 4.21. The Hall–Kier alpha value is -0.290. The van der Waals surface area contributed by atoms with Crippen LogP contribution in [0.3, 0.4) is 0 Å². The molecule has 0 aliphatic carbocycles. The van der Waals surface area contributed by atoms with Crippen molar-refractivity contribution in [3.8, 4) is 0 Å². The van der Waals surface area contributed by atoms with E-state index < -0.39 is 0 Å². The fourth-order valence-electron chi connectivity index (χ4n) is 1.91. The highest BCUT2D eigenvalue weighted by atomic mass is 35.5. The van der Waals surface area contributed by atoms with Gasteiger partial charge in [-0.1, -0.05) is 23.7 Å². The van der Waals surface area contributed by atoms with Crippen LogP contribution in [0.5, 0.6) is 0 Å². The number of benzene rings is 1. The Morgan fingerprint density at radius 1 is 1.44 bits per heavy atom. The minimum Gasteiger partial charge on any atom is -0.329 e. The van der Waals surface area contributed by atoms with Crippen molar-refractivity contribution >= 4 is 23.4 Å². The standard InChI is InChI=1S/C13H20ClFN2S/c1-10(17(7-6-16)8-9-18-2)11-4-3-5-12(14)13(11)15/h3-5,10H,6-9,16H2,1-2H3. The average molecular weight is 291 g/mol. The predicted octanol–water partition coefficient (Wildman–Crippen LogP) is 3.16. The molecule has 0 bridgehead atoms. The van der Waals surface area contributed by atoms with Crippen molar-refractivity contribution in [3.05, 3.63) is 34.6 Å². The Bertz CT molecular complexity index is 376. The van der Waals surface area contributed by atoms with Crippen LogP contribution in [0.25, 0.3) is 0 Å². The van der Waals surface area contributed by atoms with Crippen LogP contribution in [0, 0.1) is 5.82 Å². The number of hydrogen-bond donors (Lipinski definition) is 1. The summed E-state index contributed by atoms with van der Waals surface area (Å²) < 4.78 is 14.0. The van der Waals surface area contributed by atoms with Crippen molar-refractivity contribution in [2.45, 2.75) is 13.0 Å². The van der Waals surface area contributed by atoms with Crippen LogP contribution in [-0.4, -0.2) is 36.5 Å². The number of thioether (sulfide) groups is 1. The monoisotopic (exact) mass is 290 g/mol. The molecule has 0 spiro atoms.